The molecule has 2 amide bonds. The average Bonchev–Trinajstić information content (AvgIpc) is 3.02. The Morgan fingerprint density at radius 1 is 1.39 bits per heavy atom. The van der Waals surface area contributed by atoms with Crippen LogP contribution < -0.4 is 20.1 Å². The third kappa shape index (κ3) is 2.80. The summed E-state index contributed by atoms with van der Waals surface area (Å²) in [5.74, 6) is 0.651. The summed E-state index contributed by atoms with van der Waals surface area (Å²) in [4.78, 5) is 28.1. The molecule has 9 nitrogen and oxygen atoms in total. The molecule has 1 aromatic heterocycles. The lowest BCUT2D eigenvalue weighted by molar-refractivity contribution is -0.125. The number of benzene rings is 1. The number of anilines is 2. The number of hydrogen-bond acceptors (Lipinski definition) is 6. The standard InChI is InChI=1S/C14H15N5O4/c1-22-8-3-4-9(11(5-8)23-2)17-13(21)10-6-12(20)18-14-15-7-16-19(10)14/h3-5,7,10H,6H2,1-2H3,(H,17,21)(H,15,16,18,20)/t10-/m1/s1. The Morgan fingerprint density at radius 2 is 2.22 bits per heavy atom. The predicted octanol–water partition coefficient (Wildman–Crippen LogP) is 0.817. The van der Waals surface area contributed by atoms with Crippen molar-refractivity contribution in [2.75, 3.05) is 24.9 Å². The van der Waals surface area contributed by atoms with Crippen LogP contribution in [0.3, 0.4) is 0 Å². The van der Waals surface area contributed by atoms with Crippen molar-refractivity contribution < 1.29 is 19.1 Å². The van der Waals surface area contributed by atoms with Crippen molar-refractivity contribution >= 4 is 23.5 Å². The number of nitrogens with zero attached hydrogens (tertiary/aromatic N) is 3. The summed E-state index contributed by atoms with van der Waals surface area (Å²) < 4.78 is 11.7. The highest BCUT2D eigenvalue weighted by Gasteiger charge is 2.32. The molecule has 2 N–H and O–H groups in total. The van der Waals surface area contributed by atoms with Crippen molar-refractivity contribution in [3.8, 4) is 11.5 Å². The van der Waals surface area contributed by atoms with E-state index in [-0.39, 0.29) is 24.2 Å². The van der Waals surface area contributed by atoms with E-state index in [0.29, 0.717) is 17.2 Å². The van der Waals surface area contributed by atoms with Crippen LogP contribution in [-0.4, -0.2) is 40.8 Å². The van der Waals surface area contributed by atoms with Gasteiger partial charge in [0.05, 0.1) is 26.3 Å². The first kappa shape index (κ1) is 14.8. The van der Waals surface area contributed by atoms with Crippen molar-refractivity contribution in [3.05, 3.63) is 24.5 Å². The zero-order valence-electron chi connectivity index (χ0n) is 12.6. The van der Waals surface area contributed by atoms with Gasteiger partial charge in [-0.15, -0.1) is 0 Å². The summed E-state index contributed by atoms with van der Waals surface area (Å²) in [5, 5.41) is 9.29. The largest absolute Gasteiger partial charge is 0.497 e. The number of methoxy groups -OCH3 is 2. The van der Waals surface area contributed by atoms with Gasteiger partial charge in [0.25, 0.3) is 0 Å². The maximum atomic E-state index is 12.5. The molecule has 1 atom stereocenters. The Balaban J connectivity index is 1.84. The van der Waals surface area contributed by atoms with E-state index >= 15 is 0 Å². The second kappa shape index (κ2) is 5.95. The molecule has 120 valence electrons. The second-order valence-electron chi connectivity index (χ2n) is 4.85. The van der Waals surface area contributed by atoms with Crippen molar-refractivity contribution in [1.29, 1.82) is 0 Å². The van der Waals surface area contributed by atoms with E-state index in [1.165, 1.54) is 18.1 Å². The minimum absolute atomic E-state index is 0.0132. The Labute approximate surface area is 131 Å². The highest BCUT2D eigenvalue weighted by Crippen LogP contribution is 2.30. The van der Waals surface area contributed by atoms with Gasteiger partial charge in [-0.25, -0.2) is 4.68 Å². The molecule has 0 bridgehead atoms. The lowest BCUT2D eigenvalue weighted by Gasteiger charge is -2.23. The molecule has 23 heavy (non-hydrogen) atoms. The summed E-state index contributed by atoms with van der Waals surface area (Å²) >= 11 is 0. The Bertz CT molecular complexity index is 757. The first-order valence-corrected chi connectivity index (χ1v) is 6.84. The fraction of sp³-hybridized carbons (Fsp3) is 0.286. The number of carbonyl (C=O) groups is 2. The number of amides is 2. The molecule has 3 rings (SSSR count). The first-order valence-electron chi connectivity index (χ1n) is 6.84. The van der Waals surface area contributed by atoms with Gasteiger partial charge in [0.2, 0.25) is 17.8 Å². The zero-order chi connectivity index (χ0) is 16.4. The van der Waals surface area contributed by atoms with Gasteiger partial charge in [-0.1, -0.05) is 0 Å². The summed E-state index contributed by atoms with van der Waals surface area (Å²) in [5.41, 5.74) is 0.478. The fourth-order valence-electron chi connectivity index (χ4n) is 2.33. The van der Waals surface area contributed by atoms with Crippen molar-refractivity contribution in [2.24, 2.45) is 0 Å². The Kier molecular flexibility index (Phi) is 3.83. The number of fused-ring (bicyclic) bond motifs is 1. The van der Waals surface area contributed by atoms with E-state index in [0.717, 1.165) is 0 Å². The number of rotatable bonds is 4. The van der Waals surface area contributed by atoms with Crippen LogP contribution in [0.15, 0.2) is 24.5 Å². The van der Waals surface area contributed by atoms with Crippen LogP contribution in [0.2, 0.25) is 0 Å². The van der Waals surface area contributed by atoms with Crippen LogP contribution in [0.25, 0.3) is 0 Å². The van der Waals surface area contributed by atoms with Crippen LogP contribution in [0.5, 0.6) is 11.5 Å². The number of nitrogens with one attached hydrogen (secondary N) is 2. The highest BCUT2D eigenvalue weighted by atomic mass is 16.5. The molecule has 1 aromatic carbocycles. The van der Waals surface area contributed by atoms with Crippen molar-refractivity contribution in [2.45, 2.75) is 12.5 Å². The molecule has 0 unspecified atom stereocenters. The summed E-state index contributed by atoms with van der Waals surface area (Å²) in [7, 11) is 3.04. The molecule has 9 heteroatoms. The van der Waals surface area contributed by atoms with Crippen LogP contribution >= 0.6 is 0 Å². The zero-order valence-corrected chi connectivity index (χ0v) is 12.6. The first-order chi connectivity index (χ1) is 11.1. The minimum Gasteiger partial charge on any atom is -0.497 e. The van der Waals surface area contributed by atoms with E-state index in [9.17, 15) is 9.59 Å². The van der Waals surface area contributed by atoms with Gasteiger partial charge in [0.1, 0.15) is 23.9 Å². The molecule has 1 aliphatic rings. The second-order valence-corrected chi connectivity index (χ2v) is 4.85. The summed E-state index contributed by atoms with van der Waals surface area (Å²) in [6, 6.07) is 4.25. The topological polar surface area (TPSA) is 107 Å². The normalized spacial score (nSPS) is 16.3. The van der Waals surface area contributed by atoms with Crippen molar-refractivity contribution in [3.63, 3.8) is 0 Å². The van der Waals surface area contributed by atoms with Crippen LogP contribution in [0.1, 0.15) is 12.5 Å². The maximum Gasteiger partial charge on any atom is 0.250 e. The molecule has 0 radical (unpaired) electrons. The van der Waals surface area contributed by atoms with E-state index in [1.54, 1.807) is 25.3 Å². The van der Waals surface area contributed by atoms with E-state index in [4.69, 9.17) is 9.47 Å². The van der Waals surface area contributed by atoms with E-state index in [2.05, 4.69) is 20.7 Å². The molecule has 0 fully saturated rings. The molecule has 1 aliphatic heterocycles. The number of aromatic nitrogens is 3. The molecule has 0 spiro atoms. The molecule has 2 aromatic rings. The minimum atomic E-state index is -0.770. The van der Waals surface area contributed by atoms with Gasteiger partial charge in [-0.05, 0) is 12.1 Å². The van der Waals surface area contributed by atoms with Gasteiger partial charge in [0, 0.05) is 6.07 Å². The Morgan fingerprint density at radius 3 is 2.96 bits per heavy atom. The van der Waals surface area contributed by atoms with E-state index < -0.39 is 6.04 Å². The van der Waals surface area contributed by atoms with Crippen molar-refractivity contribution in [1.82, 2.24) is 14.8 Å². The third-order valence-corrected chi connectivity index (χ3v) is 3.47. The predicted molar refractivity (Wildman–Crippen MR) is 80.5 cm³/mol. The SMILES string of the molecule is COc1ccc(NC(=O)[C@H]2CC(=O)Nc3ncnn32)c(OC)c1. The lowest BCUT2D eigenvalue weighted by Crippen LogP contribution is -2.36. The number of ether oxygens (including phenoxy) is 2. The summed E-state index contributed by atoms with van der Waals surface area (Å²) in [6.07, 6.45) is 1.27. The van der Waals surface area contributed by atoms with Gasteiger partial charge in [0.15, 0.2) is 0 Å². The molecule has 0 saturated carbocycles. The average molecular weight is 317 g/mol. The maximum absolute atomic E-state index is 12.5. The fourth-order valence-corrected chi connectivity index (χ4v) is 2.33. The van der Waals surface area contributed by atoms with Gasteiger partial charge >= 0.3 is 0 Å². The molecule has 0 aliphatic carbocycles. The Hall–Kier alpha value is -3.10. The van der Waals surface area contributed by atoms with Crippen LogP contribution in [0.4, 0.5) is 11.6 Å². The molecule has 2 heterocycles. The van der Waals surface area contributed by atoms with Gasteiger partial charge in [-0.3, -0.25) is 14.9 Å². The number of hydrogen-bond donors (Lipinski definition) is 2. The van der Waals surface area contributed by atoms with Gasteiger partial charge < -0.3 is 14.8 Å². The summed E-state index contributed by atoms with van der Waals surface area (Å²) in [6.45, 7) is 0. The monoisotopic (exact) mass is 317 g/mol. The molecular formula is C14H15N5O4. The van der Waals surface area contributed by atoms with Crippen LogP contribution in [0, 0.1) is 0 Å². The number of carbonyl (C=O) groups excluding carboxylic acids is 2. The highest BCUT2D eigenvalue weighted by molar-refractivity contribution is 6.01. The lowest BCUT2D eigenvalue weighted by atomic mass is 10.1. The molecular weight excluding hydrogens is 302 g/mol. The van der Waals surface area contributed by atoms with Gasteiger partial charge in [-0.2, -0.15) is 10.1 Å². The molecule has 0 saturated heterocycles. The third-order valence-electron chi connectivity index (χ3n) is 3.47. The van der Waals surface area contributed by atoms with E-state index in [1.807, 2.05) is 0 Å². The van der Waals surface area contributed by atoms with Crippen LogP contribution in [-0.2, 0) is 9.59 Å². The quantitative estimate of drug-likeness (QED) is 0.864. The smallest absolute Gasteiger partial charge is 0.250 e.